The zero-order valence-corrected chi connectivity index (χ0v) is 21.2. The lowest BCUT2D eigenvalue weighted by molar-refractivity contribution is -0.157. The standard InChI is InChI=1S/C32H31NO4/c1-3-22(23-13-8-10-16-27(23)37-2)29(34)33-19-28-31(21-11-5-4-6-12-21)18-17-26(32(28,20-33)30(35)36)24-14-7-9-15-25(24)31/h3-16,26,28H,17-20H2,1-2H3,(H,35,36)/b22-3+. The maximum Gasteiger partial charge on any atom is 0.312 e. The fourth-order valence-corrected chi connectivity index (χ4v) is 7.78. The Balaban J connectivity index is 1.50. The van der Waals surface area contributed by atoms with Crippen LogP contribution >= 0.6 is 0 Å². The number of allylic oxidation sites excluding steroid dienone is 1. The zero-order chi connectivity index (χ0) is 25.8. The number of nitrogens with zero attached hydrogens (tertiary/aromatic N) is 1. The van der Waals surface area contributed by atoms with Crippen molar-refractivity contribution < 1.29 is 19.4 Å². The highest BCUT2D eigenvalue weighted by molar-refractivity contribution is 6.20. The van der Waals surface area contributed by atoms with Gasteiger partial charge in [-0.2, -0.15) is 0 Å². The molecule has 3 aromatic rings. The minimum atomic E-state index is -1.04. The molecule has 0 aromatic heterocycles. The van der Waals surface area contributed by atoms with Crippen LogP contribution < -0.4 is 4.74 Å². The lowest BCUT2D eigenvalue weighted by Crippen LogP contribution is -2.60. The highest BCUT2D eigenvalue weighted by Gasteiger charge is 2.70. The van der Waals surface area contributed by atoms with Crippen LogP contribution in [0.25, 0.3) is 5.57 Å². The number of likely N-dealkylation sites (tertiary alicyclic amines) is 1. The molecule has 1 heterocycles. The number of ether oxygens (including phenoxy) is 1. The Bertz CT molecular complexity index is 1410. The average Bonchev–Trinajstić information content (AvgIpc) is 3.38. The molecular weight excluding hydrogens is 462 g/mol. The van der Waals surface area contributed by atoms with E-state index in [0.717, 1.165) is 29.5 Å². The largest absolute Gasteiger partial charge is 0.496 e. The Morgan fingerprint density at radius 1 is 1.00 bits per heavy atom. The van der Waals surface area contributed by atoms with Crippen molar-refractivity contribution in [2.24, 2.45) is 11.3 Å². The molecule has 4 aliphatic rings. The topological polar surface area (TPSA) is 66.8 Å². The van der Waals surface area contributed by atoms with Crippen LogP contribution in [0.15, 0.2) is 84.9 Å². The summed E-state index contributed by atoms with van der Waals surface area (Å²) in [6.07, 6.45) is 3.48. The van der Waals surface area contributed by atoms with Gasteiger partial charge in [0.1, 0.15) is 5.75 Å². The molecule has 3 aromatic carbocycles. The Hall–Kier alpha value is -3.86. The third kappa shape index (κ3) is 3.09. The van der Waals surface area contributed by atoms with E-state index in [-0.39, 0.29) is 24.3 Å². The molecule has 7 rings (SSSR count). The first kappa shape index (κ1) is 23.5. The SMILES string of the molecule is C/C=C(/C(=O)N1CC2C3(c4ccccc4)CCC(c4ccccc43)C2(C(=O)O)C1)c1ccccc1OC. The summed E-state index contributed by atoms with van der Waals surface area (Å²) in [6.45, 7) is 2.45. The van der Waals surface area contributed by atoms with Crippen molar-refractivity contribution in [3.8, 4) is 5.75 Å². The maximum absolute atomic E-state index is 14.1. The van der Waals surface area contributed by atoms with E-state index in [9.17, 15) is 14.7 Å². The summed E-state index contributed by atoms with van der Waals surface area (Å²) in [6, 6.07) is 26.2. The molecule has 5 nitrogen and oxygen atoms in total. The number of carbonyl (C=O) groups is 2. The number of benzene rings is 3. The zero-order valence-electron chi connectivity index (χ0n) is 21.2. The van der Waals surface area contributed by atoms with Crippen molar-refractivity contribution in [3.05, 3.63) is 107 Å². The van der Waals surface area contributed by atoms with E-state index in [0.29, 0.717) is 17.9 Å². The molecule has 37 heavy (non-hydrogen) atoms. The van der Waals surface area contributed by atoms with Crippen LogP contribution in [-0.4, -0.2) is 42.1 Å². The number of carboxylic acids is 1. The van der Waals surface area contributed by atoms with Crippen LogP contribution in [0.2, 0.25) is 0 Å². The van der Waals surface area contributed by atoms with Crippen LogP contribution in [-0.2, 0) is 15.0 Å². The lowest BCUT2D eigenvalue weighted by Gasteiger charge is -2.59. The molecule has 2 fully saturated rings. The van der Waals surface area contributed by atoms with Gasteiger partial charge in [-0.1, -0.05) is 78.9 Å². The van der Waals surface area contributed by atoms with Gasteiger partial charge in [0, 0.05) is 41.5 Å². The van der Waals surface area contributed by atoms with Gasteiger partial charge >= 0.3 is 5.97 Å². The number of carboxylic acid groups (broad SMARTS) is 1. The van der Waals surface area contributed by atoms with E-state index < -0.39 is 16.8 Å². The molecule has 3 aliphatic carbocycles. The van der Waals surface area contributed by atoms with Crippen molar-refractivity contribution in [1.29, 1.82) is 0 Å². The molecule has 1 N–H and O–H groups in total. The summed E-state index contributed by atoms with van der Waals surface area (Å²) in [5.41, 5.74) is 3.25. The summed E-state index contributed by atoms with van der Waals surface area (Å²) >= 11 is 0. The highest BCUT2D eigenvalue weighted by Crippen LogP contribution is 2.69. The van der Waals surface area contributed by atoms with Gasteiger partial charge in [-0.25, -0.2) is 0 Å². The van der Waals surface area contributed by atoms with Gasteiger partial charge in [0.25, 0.3) is 5.91 Å². The number of para-hydroxylation sites is 1. The molecule has 1 saturated heterocycles. The second-order valence-corrected chi connectivity index (χ2v) is 10.5. The molecule has 0 radical (unpaired) electrons. The van der Waals surface area contributed by atoms with Crippen LogP contribution in [0.1, 0.15) is 47.9 Å². The maximum atomic E-state index is 14.1. The fourth-order valence-electron chi connectivity index (χ4n) is 7.78. The summed E-state index contributed by atoms with van der Waals surface area (Å²) in [5, 5.41) is 10.9. The summed E-state index contributed by atoms with van der Waals surface area (Å²) in [7, 11) is 1.60. The summed E-state index contributed by atoms with van der Waals surface area (Å²) < 4.78 is 5.55. The average molecular weight is 494 g/mol. The number of fused-ring (bicyclic) bond motifs is 1. The van der Waals surface area contributed by atoms with Crippen LogP contribution in [0.5, 0.6) is 5.75 Å². The first-order chi connectivity index (χ1) is 18.0. The molecule has 4 unspecified atom stereocenters. The van der Waals surface area contributed by atoms with Gasteiger partial charge in [0.05, 0.1) is 12.5 Å². The molecular formula is C32H31NO4. The predicted molar refractivity (Wildman–Crippen MR) is 142 cm³/mol. The highest BCUT2D eigenvalue weighted by atomic mass is 16.5. The van der Waals surface area contributed by atoms with E-state index in [4.69, 9.17) is 4.74 Å². The number of aliphatic carboxylic acids is 1. The second-order valence-electron chi connectivity index (χ2n) is 10.5. The first-order valence-electron chi connectivity index (χ1n) is 13.0. The van der Waals surface area contributed by atoms with Gasteiger partial charge in [0.15, 0.2) is 0 Å². The van der Waals surface area contributed by atoms with E-state index in [1.165, 1.54) is 5.56 Å². The van der Waals surface area contributed by atoms with Gasteiger partial charge in [-0.15, -0.1) is 0 Å². The van der Waals surface area contributed by atoms with Crippen molar-refractivity contribution in [2.45, 2.75) is 31.1 Å². The van der Waals surface area contributed by atoms with E-state index >= 15 is 0 Å². The monoisotopic (exact) mass is 493 g/mol. The molecule has 5 heteroatoms. The Morgan fingerprint density at radius 2 is 1.70 bits per heavy atom. The molecule has 1 aliphatic heterocycles. The Kier molecular flexibility index (Phi) is 5.48. The van der Waals surface area contributed by atoms with Gasteiger partial charge in [0.2, 0.25) is 0 Å². The smallest absolute Gasteiger partial charge is 0.312 e. The number of amides is 1. The normalized spacial score (nSPS) is 27.9. The molecule has 0 spiro atoms. The van der Waals surface area contributed by atoms with Crippen molar-refractivity contribution in [2.75, 3.05) is 20.2 Å². The van der Waals surface area contributed by atoms with Crippen LogP contribution in [0, 0.1) is 11.3 Å². The number of carbonyl (C=O) groups excluding carboxylic acids is 1. The van der Waals surface area contributed by atoms with Crippen molar-refractivity contribution >= 4 is 17.4 Å². The molecule has 2 bridgehead atoms. The minimum absolute atomic E-state index is 0.130. The first-order valence-corrected chi connectivity index (χ1v) is 13.0. The third-order valence-electron chi connectivity index (χ3n) is 9.23. The Morgan fingerprint density at radius 3 is 2.43 bits per heavy atom. The van der Waals surface area contributed by atoms with E-state index in [1.807, 2.05) is 61.5 Å². The van der Waals surface area contributed by atoms with Gasteiger partial charge in [-0.05, 0) is 42.5 Å². The fraction of sp³-hybridized carbons (Fsp3) is 0.312. The number of rotatable bonds is 5. The van der Waals surface area contributed by atoms with Gasteiger partial charge < -0.3 is 14.7 Å². The van der Waals surface area contributed by atoms with Crippen molar-refractivity contribution in [3.63, 3.8) is 0 Å². The number of methoxy groups -OCH3 is 1. The molecule has 4 atom stereocenters. The number of hydrogen-bond acceptors (Lipinski definition) is 3. The third-order valence-corrected chi connectivity index (χ3v) is 9.23. The quantitative estimate of drug-likeness (QED) is 0.477. The predicted octanol–water partition coefficient (Wildman–Crippen LogP) is 5.51. The lowest BCUT2D eigenvalue weighted by atomic mass is 9.42. The van der Waals surface area contributed by atoms with Crippen LogP contribution in [0.4, 0.5) is 0 Å². The van der Waals surface area contributed by atoms with Crippen molar-refractivity contribution in [1.82, 2.24) is 4.90 Å². The van der Waals surface area contributed by atoms with E-state index in [2.05, 4.69) is 30.3 Å². The minimum Gasteiger partial charge on any atom is -0.496 e. The molecule has 1 amide bonds. The van der Waals surface area contributed by atoms with E-state index in [1.54, 1.807) is 12.0 Å². The van der Waals surface area contributed by atoms with Crippen LogP contribution in [0.3, 0.4) is 0 Å². The molecule has 188 valence electrons. The summed E-state index contributed by atoms with van der Waals surface area (Å²) in [4.78, 5) is 29.2. The summed E-state index contributed by atoms with van der Waals surface area (Å²) in [5.74, 6) is -0.676. The second kappa shape index (κ2) is 8.62. The Labute approximate surface area is 217 Å². The number of hydrogen-bond donors (Lipinski definition) is 1. The van der Waals surface area contributed by atoms with Gasteiger partial charge in [-0.3, -0.25) is 9.59 Å². The molecule has 1 saturated carbocycles.